The number of morpholine rings is 1. The molecule has 5 heteroatoms. The van der Waals surface area contributed by atoms with E-state index < -0.39 is 0 Å². The quantitative estimate of drug-likeness (QED) is 0.892. The number of hydrogen-bond donors (Lipinski definition) is 1. The van der Waals surface area contributed by atoms with Crippen LogP contribution < -0.4 is 4.90 Å². The van der Waals surface area contributed by atoms with Crippen LogP contribution in [-0.4, -0.2) is 68.3 Å². The highest BCUT2D eigenvalue weighted by molar-refractivity contribution is 5.74. The molecule has 2 aliphatic rings. The summed E-state index contributed by atoms with van der Waals surface area (Å²) in [6.45, 7) is 6.27. The van der Waals surface area contributed by atoms with Crippen molar-refractivity contribution in [2.45, 2.75) is 6.04 Å². The number of nitrogens with zero attached hydrogens (tertiary/aromatic N) is 2. The largest absolute Gasteiger partial charge is 0.378 e. The molecule has 0 aromatic heterocycles. The lowest BCUT2D eigenvalue weighted by Crippen LogP contribution is -3.15. The minimum absolute atomic E-state index is 0.174. The summed E-state index contributed by atoms with van der Waals surface area (Å²) in [7, 11) is 0. The van der Waals surface area contributed by atoms with Crippen LogP contribution in [0.15, 0.2) is 60.7 Å². The second-order valence-electron chi connectivity index (χ2n) is 7.28. The number of carbonyl (C=O) groups is 1. The molecule has 2 aromatic rings. The van der Waals surface area contributed by atoms with Crippen molar-refractivity contribution in [2.24, 2.45) is 0 Å². The zero-order valence-electron chi connectivity index (χ0n) is 15.7. The Bertz CT molecular complexity index is 684. The van der Waals surface area contributed by atoms with Gasteiger partial charge in [-0.1, -0.05) is 60.7 Å². The second-order valence-corrected chi connectivity index (χ2v) is 7.28. The van der Waals surface area contributed by atoms with E-state index in [2.05, 4.69) is 60.7 Å². The number of nitrogens with one attached hydrogen (secondary N) is 1. The standard InChI is InChI=1S/C22H27N3O2/c26-22(25-15-17-27-18-16-25)24-13-11-23(12-14-24)21(19-7-3-1-4-8-19)20-9-5-2-6-10-20/h1-10,21H,11-18H2/p+1. The van der Waals surface area contributed by atoms with Crippen LogP contribution in [0.3, 0.4) is 0 Å². The van der Waals surface area contributed by atoms with Gasteiger partial charge < -0.3 is 19.4 Å². The van der Waals surface area contributed by atoms with Crippen molar-refractivity contribution in [3.05, 3.63) is 71.8 Å². The number of hydrogen-bond acceptors (Lipinski definition) is 2. The third-order valence-corrected chi connectivity index (χ3v) is 5.63. The lowest BCUT2D eigenvalue weighted by atomic mass is 9.96. The van der Waals surface area contributed by atoms with Gasteiger partial charge in [0.1, 0.15) is 6.04 Å². The van der Waals surface area contributed by atoms with Crippen molar-refractivity contribution >= 4 is 6.03 Å². The first-order chi connectivity index (χ1) is 13.3. The van der Waals surface area contributed by atoms with Gasteiger partial charge in [-0.25, -0.2) is 4.79 Å². The fraction of sp³-hybridized carbons (Fsp3) is 0.409. The highest BCUT2D eigenvalue weighted by atomic mass is 16.5. The molecule has 142 valence electrons. The first-order valence-electron chi connectivity index (χ1n) is 9.89. The molecule has 0 atom stereocenters. The van der Waals surface area contributed by atoms with E-state index in [1.807, 2.05) is 9.80 Å². The maximum atomic E-state index is 12.8. The zero-order chi connectivity index (χ0) is 18.5. The molecule has 2 amide bonds. The molecule has 2 heterocycles. The predicted octanol–water partition coefficient (Wildman–Crippen LogP) is 1.43. The predicted molar refractivity (Wildman–Crippen MR) is 105 cm³/mol. The van der Waals surface area contributed by atoms with Gasteiger partial charge in [0, 0.05) is 24.2 Å². The summed E-state index contributed by atoms with van der Waals surface area (Å²) < 4.78 is 5.37. The van der Waals surface area contributed by atoms with E-state index in [0.717, 1.165) is 26.2 Å². The number of ether oxygens (including phenoxy) is 1. The van der Waals surface area contributed by atoms with Gasteiger partial charge >= 0.3 is 6.03 Å². The van der Waals surface area contributed by atoms with Crippen molar-refractivity contribution in [1.29, 1.82) is 0 Å². The molecular formula is C22H28N3O2+. The summed E-state index contributed by atoms with van der Waals surface area (Å²) in [4.78, 5) is 18.2. The normalized spacial score (nSPS) is 18.7. The molecule has 0 spiro atoms. The number of carbonyl (C=O) groups excluding carboxylic acids is 1. The molecule has 0 saturated carbocycles. The highest BCUT2D eigenvalue weighted by Gasteiger charge is 2.33. The van der Waals surface area contributed by atoms with E-state index in [1.165, 1.54) is 16.0 Å². The average molecular weight is 366 g/mol. The first-order valence-corrected chi connectivity index (χ1v) is 9.89. The summed E-state index contributed by atoms with van der Waals surface area (Å²) in [5, 5.41) is 0. The van der Waals surface area contributed by atoms with Gasteiger partial charge in [-0.15, -0.1) is 0 Å². The second kappa shape index (κ2) is 8.55. The van der Waals surface area contributed by atoms with E-state index in [1.54, 1.807) is 0 Å². The Morgan fingerprint density at radius 1 is 0.778 bits per heavy atom. The van der Waals surface area contributed by atoms with Gasteiger partial charge in [-0.2, -0.15) is 0 Å². The number of rotatable bonds is 3. The zero-order valence-corrected chi connectivity index (χ0v) is 15.7. The van der Waals surface area contributed by atoms with Crippen molar-refractivity contribution in [2.75, 3.05) is 52.5 Å². The monoisotopic (exact) mass is 366 g/mol. The number of benzene rings is 2. The van der Waals surface area contributed by atoms with Gasteiger partial charge in [0.25, 0.3) is 0 Å². The van der Waals surface area contributed by atoms with Crippen molar-refractivity contribution in [3.63, 3.8) is 0 Å². The maximum Gasteiger partial charge on any atom is 0.320 e. The Labute approximate surface area is 161 Å². The molecule has 0 bridgehead atoms. The molecule has 2 fully saturated rings. The Morgan fingerprint density at radius 2 is 1.26 bits per heavy atom. The molecule has 1 N–H and O–H groups in total. The molecule has 2 saturated heterocycles. The minimum Gasteiger partial charge on any atom is -0.378 e. The molecule has 5 nitrogen and oxygen atoms in total. The summed E-state index contributed by atoms with van der Waals surface area (Å²) in [5.41, 5.74) is 2.68. The van der Waals surface area contributed by atoms with Crippen LogP contribution in [-0.2, 0) is 4.74 Å². The lowest BCUT2D eigenvalue weighted by Gasteiger charge is -2.39. The third-order valence-electron chi connectivity index (χ3n) is 5.63. The average Bonchev–Trinajstić information content (AvgIpc) is 2.76. The smallest absolute Gasteiger partial charge is 0.320 e. The van der Waals surface area contributed by atoms with Crippen LogP contribution >= 0.6 is 0 Å². The van der Waals surface area contributed by atoms with Gasteiger partial charge in [0.05, 0.1) is 39.4 Å². The van der Waals surface area contributed by atoms with Gasteiger partial charge in [-0.05, 0) is 0 Å². The topological polar surface area (TPSA) is 37.2 Å². The van der Waals surface area contributed by atoms with Crippen LogP contribution in [0.2, 0.25) is 0 Å². The highest BCUT2D eigenvalue weighted by Crippen LogP contribution is 2.19. The Balaban J connectivity index is 1.46. The minimum atomic E-state index is 0.174. The van der Waals surface area contributed by atoms with Crippen LogP contribution in [0.5, 0.6) is 0 Å². The third kappa shape index (κ3) is 4.15. The van der Waals surface area contributed by atoms with Gasteiger partial charge in [0.2, 0.25) is 0 Å². The molecule has 2 aliphatic heterocycles. The number of piperazine rings is 1. The van der Waals surface area contributed by atoms with Crippen LogP contribution in [0.4, 0.5) is 4.79 Å². The van der Waals surface area contributed by atoms with Crippen molar-refractivity contribution in [1.82, 2.24) is 9.80 Å². The summed E-state index contributed by atoms with van der Waals surface area (Å²) in [6.07, 6.45) is 0. The first kappa shape index (κ1) is 18.0. The SMILES string of the molecule is O=C(N1CCOCC1)N1CC[NH+](C(c2ccccc2)c2ccccc2)CC1. The Kier molecular flexibility index (Phi) is 5.70. The molecule has 0 radical (unpaired) electrons. The summed E-state index contributed by atoms with van der Waals surface area (Å²) in [5.74, 6) is 0. The molecule has 2 aromatic carbocycles. The van der Waals surface area contributed by atoms with Crippen molar-refractivity contribution < 1.29 is 14.4 Å². The molecule has 0 unspecified atom stereocenters. The van der Waals surface area contributed by atoms with Gasteiger partial charge in [-0.3, -0.25) is 0 Å². The Hall–Kier alpha value is -2.37. The van der Waals surface area contributed by atoms with Gasteiger partial charge in [0.15, 0.2) is 0 Å². The number of quaternary nitrogens is 1. The van der Waals surface area contributed by atoms with E-state index >= 15 is 0 Å². The van der Waals surface area contributed by atoms with Crippen LogP contribution in [0.1, 0.15) is 17.2 Å². The van der Waals surface area contributed by atoms with E-state index in [4.69, 9.17) is 4.74 Å². The number of urea groups is 1. The molecule has 0 aliphatic carbocycles. The fourth-order valence-corrected chi connectivity index (χ4v) is 4.18. The Morgan fingerprint density at radius 3 is 1.78 bits per heavy atom. The van der Waals surface area contributed by atoms with E-state index in [0.29, 0.717) is 32.3 Å². The van der Waals surface area contributed by atoms with Crippen molar-refractivity contribution in [3.8, 4) is 0 Å². The molecular weight excluding hydrogens is 338 g/mol. The number of amides is 2. The molecule has 4 rings (SSSR count). The van der Waals surface area contributed by atoms with Crippen LogP contribution in [0.25, 0.3) is 0 Å². The maximum absolute atomic E-state index is 12.8. The lowest BCUT2D eigenvalue weighted by molar-refractivity contribution is -0.929. The fourth-order valence-electron chi connectivity index (χ4n) is 4.18. The summed E-state index contributed by atoms with van der Waals surface area (Å²) in [6, 6.07) is 22.0. The van der Waals surface area contributed by atoms with Crippen LogP contribution in [0, 0.1) is 0 Å². The summed E-state index contributed by atoms with van der Waals surface area (Å²) >= 11 is 0. The van der Waals surface area contributed by atoms with E-state index in [9.17, 15) is 4.79 Å². The van der Waals surface area contributed by atoms with E-state index in [-0.39, 0.29) is 6.03 Å². The molecule has 27 heavy (non-hydrogen) atoms.